The summed E-state index contributed by atoms with van der Waals surface area (Å²) in [4.78, 5) is 2.10. The van der Waals surface area contributed by atoms with Crippen LogP contribution in [0.1, 0.15) is 11.1 Å². The highest BCUT2D eigenvalue weighted by atomic mass is 79.9. The van der Waals surface area contributed by atoms with E-state index in [1.54, 1.807) is 6.07 Å². The maximum atomic E-state index is 7.43. The number of nitrogens with one attached hydrogen (secondary N) is 1. The predicted octanol–water partition coefficient (Wildman–Crippen LogP) is 4.02. The Morgan fingerprint density at radius 2 is 1.90 bits per heavy atom. The number of halogens is 2. The summed E-state index contributed by atoms with van der Waals surface area (Å²) >= 11 is 9.56. The van der Waals surface area contributed by atoms with Gasteiger partial charge < -0.3 is 10.6 Å². The first kappa shape index (κ1) is 14.9. The van der Waals surface area contributed by atoms with Gasteiger partial charge in [-0.2, -0.15) is 0 Å². The smallest absolute Gasteiger partial charge is 0.124 e. The van der Waals surface area contributed by atoms with Gasteiger partial charge in [0.15, 0.2) is 0 Å². The van der Waals surface area contributed by atoms with Crippen molar-refractivity contribution in [3.8, 4) is 0 Å². The van der Waals surface area contributed by atoms with Gasteiger partial charge in [-0.25, -0.2) is 0 Å². The van der Waals surface area contributed by atoms with E-state index in [1.165, 1.54) is 5.56 Å². The van der Waals surface area contributed by atoms with Crippen LogP contribution >= 0.6 is 27.5 Å². The number of anilines is 1. The van der Waals surface area contributed by atoms with Gasteiger partial charge in [0.1, 0.15) is 5.84 Å². The third-order valence-corrected chi connectivity index (χ3v) is 3.86. The van der Waals surface area contributed by atoms with Crippen molar-refractivity contribution in [3.63, 3.8) is 0 Å². The quantitative estimate of drug-likeness (QED) is 0.645. The molecule has 0 aliphatic rings. The second kappa shape index (κ2) is 6.29. The number of nitrogens with zero attached hydrogens (tertiary/aromatic N) is 1. The molecule has 0 atom stereocenters. The molecule has 0 spiro atoms. The van der Waals surface area contributed by atoms with Crippen LogP contribution in [-0.4, -0.2) is 12.9 Å². The van der Waals surface area contributed by atoms with Gasteiger partial charge >= 0.3 is 0 Å². The molecule has 104 valence electrons. The Kier molecular flexibility index (Phi) is 4.68. The Balaban J connectivity index is 2.17. The molecule has 0 radical (unpaired) electrons. The number of nitrogen functional groups attached to an aromatic ring is 1. The van der Waals surface area contributed by atoms with E-state index in [1.807, 2.05) is 31.3 Å². The van der Waals surface area contributed by atoms with Crippen LogP contribution in [0.25, 0.3) is 0 Å². The van der Waals surface area contributed by atoms with Gasteiger partial charge in [0.25, 0.3) is 0 Å². The molecule has 0 unspecified atom stereocenters. The van der Waals surface area contributed by atoms with E-state index in [2.05, 4.69) is 33.0 Å². The third kappa shape index (κ3) is 3.52. The van der Waals surface area contributed by atoms with E-state index < -0.39 is 0 Å². The highest BCUT2D eigenvalue weighted by Gasteiger charge is 2.08. The molecule has 0 aromatic heterocycles. The van der Waals surface area contributed by atoms with Crippen molar-refractivity contribution >= 4 is 39.1 Å². The molecule has 5 heteroatoms. The molecule has 0 fully saturated rings. The zero-order valence-electron chi connectivity index (χ0n) is 11.0. The Labute approximate surface area is 132 Å². The third-order valence-electron chi connectivity index (χ3n) is 3.02. The lowest BCUT2D eigenvalue weighted by atomic mass is 10.1. The number of hydrogen-bond acceptors (Lipinski definition) is 2. The predicted molar refractivity (Wildman–Crippen MR) is 88.7 cm³/mol. The SMILES string of the molecule is CN(Cc1ccc(Br)cc1)c1ccc(C(=N)N)c(Cl)c1. The lowest BCUT2D eigenvalue weighted by Gasteiger charge is -2.20. The lowest BCUT2D eigenvalue weighted by molar-refractivity contribution is 0.923. The van der Waals surface area contributed by atoms with E-state index in [4.69, 9.17) is 22.7 Å². The van der Waals surface area contributed by atoms with E-state index in [0.29, 0.717) is 10.6 Å². The normalized spacial score (nSPS) is 10.3. The summed E-state index contributed by atoms with van der Waals surface area (Å²) in [6.45, 7) is 0.781. The molecule has 0 saturated heterocycles. The minimum atomic E-state index is -0.0166. The van der Waals surface area contributed by atoms with Gasteiger partial charge in [-0.3, -0.25) is 5.41 Å². The Bertz CT molecular complexity index is 626. The summed E-state index contributed by atoms with van der Waals surface area (Å²) in [7, 11) is 2.00. The summed E-state index contributed by atoms with van der Waals surface area (Å²) in [6.07, 6.45) is 0. The minimum Gasteiger partial charge on any atom is -0.384 e. The summed E-state index contributed by atoms with van der Waals surface area (Å²) in [5.74, 6) is -0.0166. The first-order chi connectivity index (χ1) is 9.47. The maximum absolute atomic E-state index is 7.43. The van der Waals surface area contributed by atoms with Gasteiger partial charge in [-0.15, -0.1) is 0 Å². The van der Waals surface area contributed by atoms with Crippen LogP contribution in [0, 0.1) is 5.41 Å². The van der Waals surface area contributed by atoms with Crippen LogP contribution in [0.5, 0.6) is 0 Å². The number of hydrogen-bond donors (Lipinski definition) is 2. The van der Waals surface area contributed by atoms with Crippen LogP contribution in [-0.2, 0) is 6.54 Å². The van der Waals surface area contributed by atoms with Gasteiger partial charge in [-0.05, 0) is 35.9 Å². The maximum Gasteiger partial charge on any atom is 0.124 e. The number of rotatable bonds is 4. The van der Waals surface area contributed by atoms with Crippen LogP contribution < -0.4 is 10.6 Å². The fourth-order valence-electron chi connectivity index (χ4n) is 1.91. The molecule has 0 heterocycles. The minimum absolute atomic E-state index is 0.0166. The van der Waals surface area contributed by atoms with Gasteiger partial charge in [-0.1, -0.05) is 39.7 Å². The highest BCUT2D eigenvalue weighted by molar-refractivity contribution is 9.10. The molecule has 3 N–H and O–H groups in total. The molecule has 2 aromatic carbocycles. The lowest BCUT2D eigenvalue weighted by Crippen LogP contribution is -2.17. The summed E-state index contributed by atoms with van der Waals surface area (Å²) in [5, 5.41) is 7.93. The van der Waals surface area contributed by atoms with Crippen LogP contribution in [0.15, 0.2) is 46.9 Å². The second-order valence-electron chi connectivity index (χ2n) is 4.56. The Morgan fingerprint density at radius 1 is 1.25 bits per heavy atom. The van der Waals surface area contributed by atoms with Gasteiger partial charge in [0.05, 0.1) is 5.02 Å². The highest BCUT2D eigenvalue weighted by Crippen LogP contribution is 2.24. The zero-order valence-corrected chi connectivity index (χ0v) is 13.4. The molecule has 2 aromatic rings. The standard InChI is InChI=1S/C15H15BrClN3/c1-20(9-10-2-4-11(16)5-3-10)12-6-7-13(15(18)19)14(17)8-12/h2-8H,9H2,1H3,(H3,18,19). The average Bonchev–Trinajstić information content (AvgIpc) is 2.40. The molecule has 20 heavy (non-hydrogen) atoms. The van der Waals surface area contributed by atoms with E-state index in [-0.39, 0.29) is 5.84 Å². The summed E-state index contributed by atoms with van der Waals surface area (Å²) in [5.41, 5.74) is 8.22. The van der Waals surface area contributed by atoms with E-state index >= 15 is 0 Å². The van der Waals surface area contributed by atoms with Crippen molar-refractivity contribution in [3.05, 3.63) is 63.1 Å². The second-order valence-corrected chi connectivity index (χ2v) is 5.88. The summed E-state index contributed by atoms with van der Waals surface area (Å²) < 4.78 is 1.07. The summed E-state index contributed by atoms with van der Waals surface area (Å²) in [6, 6.07) is 13.7. The van der Waals surface area contributed by atoms with Crippen molar-refractivity contribution in [2.45, 2.75) is 6.54 Å². The van der Waals surface area contributed by atoms with Gasteiger partial charge in [0.2, 0.25) is 0 Å². The first-order valence-corrected chi connectivity index (χ1v) is 7.24. The van der Waals surface area contributed by atoms with Crippen molar-refractivity contribution < 1.29 is 0 Å². The molecule has 2 rings (SSSR count). The van der Waals surface area contributed by atoms with Crippen molar-refractivity contribution in [2.75, 3.05) is 11.9 Å². The average molecular weight is 353 g/mol. The van der Waals surface area contributed by atoms with Crippen LogP contribution in [0.4, 0.5) is 5.69 Å². The molecular formula is C15H15BrClN3. The van der Waals surface area contributed by atoms with E-state index in [9.17, 15) is 0 Å². The number of nitrogens with two attached hydrogens (primary N) is 1. The molecule has 3 nitrogen and oxygen atoms in total. The first-order valence-electron chi connectivity index (χ1n) is 6.07. The number of benzene rings is 2. The molecule has 0 aliphatic carbocycles. The largest absolute Gasteiger partial charge is 0.384 e. The molecule has 0 saturated carbocycles. The molecule has 0 aliphatic heterocycles. The van der Waals surface area contributed by atoms with Gasteiger partial charge in [0, 0.05) is 29.3 Å². The fourth-order valence-corrected chi connectivity index (χ4v) is 2.46. The zero-order chi connectivity index (χ0) is 14.7. The van der Waals surface area contributed by atoms with E-state index in [0.717, 1.165) is 16.7 Å². The van der Waals surface area contributed by atoms with Crippen molar-refractivity contribution in [1.29, 1.82) is 5.41 Å². The fraction of sp³-hybridized carbons (Fsp3) is 0.133. The topological polar surface area (TPSA) is 53.1 Å². The molecule has 0 amide bonds. The van der Waals surface area contributed by atoms with Crippen molar-refractivity contribution in [2.24, 2.45) is 5.73 Å². The van der Waals surface area contributed by atoms with Crippen LogP contribution in [0.3, 0.4) is 0 Å². The Hall–Kier alpha value is -1.52. The molecular weight excluding hydrogens is 338 g/mol. The monoisotopic (exact) mass is 351 g/mol. The van der Waals surface area contributed by atoms with Crippen LogP contribution in [0.2, 0.25) is 5.02 Å². The van der Waals surface area contributed by atoms with Crippen molar-refractivity contribution in [1.82, 2.24) is 0 Å². The number of amidine groups is 1. The molecule has 0 bridgehead atoms. The Morgan fingerprint density at radius 3 is 2.45 bits per heavy atom.